The third-order valence-electron chi connectivity index (χ3n) is 3.90. The minimum atomic E-state index is -0.214. The van der Waals surface area contributed by atoms with E-state index >= 15 is 0 Å². The molecule has 134 valence electrons. The maximum atomic E-state index is 11.7. The molecule has 2 N–H and O–H groups in total. The summed E-state index contributed by atoms with van der Waals surface area (Å²) >= 11 is 0. The molecule has 0 atom stereocenters. The number of nitrogens with zero attached hydrogens (tertiary/aromatic N) is 3. The zero-order chi connectivity index (χ0) is 17.5. The fourth-order valence-electron chi connectivity index (χ4n) is 2.67. The van der Waals surface area contributed by atoms with Gasteiger partial charge in [0.15, 0.2) is 0 Å². The van der Waals surface area contributed by atoms with Gasteiger partial charge in [0.25, 0.3) is 0 Å². The molecule has 7 nitrogen and oxygen atoms in total. The van der Waals surface area contributed by atoms with Crippen LogP contribution in [0.1, 0.15) is 39.4 Å². The number of hydrogen-bond donors (Lipinski definition) is 2. The Morgan fingerprint density at radius 1 is 1.33 bits per heavy atom. The van der Waals surface area contributed by atoms with Crippen molar-refractivity contribution in [1.29, 1.82) is 0 Å². The number of likely N-dealkylation sites (tertiary alicyclic amines) is 1. The van der Waals surface area contributed by atoms with E-state index in [2.05, 4.69) is 34.4 Å². The minimum absolute atomic E-state index is 0.214. The highest BCUT2D eigenvalue weighted by molar-refractivity contribution is 5.67. The molecule has 2 rings (SSSR count). The van der Waals surface area contributed by atoms with Crippen LogP contribution in [0.5, 0.6) is 0 Å². The Morgan fingerprint density at radius 3 is 2.62 bits per heavy atom. The normalized spacial score (nSPS) is 15.5. The lowest BCUT2D eigenvalue weighted by molar-refractivity contribution is 0.0983. The van der Waals surface area contributed by atoms with Gasteiger partial charge in [0.2, 0.25) is 0 Å². The second-order valence-electron chi connectivity index (χ2n) is 6.56. The van der Waals surface area contributed by atoms with Crippen molar-refractivity contribution < 1.29 is 9.53 Å². The fraction of sp³-hybridized carbons (Fsp3) is 0.706. The molecule has 2 heterocycles. The summed E-state index contributed by atoms with van der Waals surface area (Å²) in [6, 6.07) is 2.26. The number of rotatable bonds is 6. The summed E-state index contributed by atoms with van der Waals surface area (Å²) in [5, 5.41) is 6.81. The molecule has 0 spiro atoms. The van der Waals surface area contributed by atoms with E-state index in [4.69, 9.17) is 4.74 Å². The average Bonchev–Trinajstić information content (AvgIpc) is 2.53. The van der Waals surface area contributed by atoms with Gasteiger partial charge in [-0.25, -0.2) is 14.8 Å². The molecule has 24 heavy (non-hydrogen) atoms. The lowest BCUT2D eigenvalue weighted by Crippen LogP contribution is -2.42. The number of amides is 1. The van der Waals surface area contributed by atoms with Crippen LogP contribution in [0.25, 0.3) is 0 Å². The molecule has 0 unspecified atom stereocenters. The van der Waals surface area contributed by atoms with Crippen molar-refractivity contribution in [3.8, 4) is 0 Å². The summed E-state index contributed by atoms with van der Waals surface area (Å²) in [6.45, 7) is 10.8. The van der Waals surface area contributed by atoms with Crippen LogP contribution < -0.4 is 10.6 Å². The molecule has 0 saturated carbocycles. The van der Waals surface area contributed by atoms with Crippen LogP contribution in [0.2, 0.25) is 0 Å². The van der Waals surface area contributed by atoms with E-state index in [0.717, 1.165) is 36.8 Å². The van der Waals surface area contributed by atoms with Gasteiger partial charge >= 0.3 is 6.09 Å². The summed E-state index contributed by atoms with van der Waals surface area (Å²) in [5.41, 5.74) is 0. The largest absolute Gasteiger partial charge is 0.450 e. The molecule has 1 aliphatic rings. The van der Waals surface area contributed by atoms with Crippen molar-refractivity contribution in [2.45, 2.75) is 46.6 Å². The molecule has 1 aliphatic heterocycles. The number of ether oxygens (including phenoxy) is 1. The SMILES string of the molecule is CCOC(=O)N1CCC(Nc2cc(NCC(C)C)nc(C)n2)CC1. The van der Waals surface area contributed by atoms with Gasteiger partial charge in [0.05, 0.1) is 6.61 Å². The highest BCUT2D eigenvalue weighted by atomic mass is 16.6. The van der Waals surface area contributed by atoms with Crippen LogP contribution in [0, 0.1) is 12.8 Å². The third kappa shape index (κ3) is 5.54. The van der Waals surface area contributed by atoms with E-state index in [0.29, 0.717) is 31.7 Å². The van der Waals surface area contributed by atoms with E-state index in [-0.39, 0.29) is 6.09 Å². The highest BCUT2D eigenvalue weighted by Crippen LogP contribution is 2.18. The van der Waals surface area contributed by atoms with Gasteiger partial charge in [-0.05, 0) is 32.6 Å². The number of carbonyl (C=O) groups is 1. The van der Waals surface area contributed by atoms with Crippen LogP contribution >= 0.6 is 0 Å². The van der Waals surface area contributed by atoms with Crippen molar-refractivity contribution in [3.05, 3.63) is 11.9 Å². The van der Waals surface area contributed by atoms with E-state index in [9.17, 15) is 4.79 Å². The number of anilines is 2. The summed E-state index contributed by atoms with van der Waals surface area (Å²) in [4.78, 5) is 22.4. The van der Waals surface area contributed by atoms with Crippen molar-refractivity contribution in [2.24, 2.45) is 5.92 Å². The van der Waals surface area contributed by atoms with Crippen molar-refractivity contribution in [1.82, 2.24) is 14.9 Å². The van der Waals surface area contributed by atoms with Crippen LogP contribution in [-0.2, 0) is 4.74 Å². The molecule has 1 saturated heterocycles. The Hall–Kier alpha value is -2.05. The van der Waals surface area contributed by atoms with Gasteiger partial charge in [-0.3, -0.25) is 0 Å². The number of hydrogen-bond acceptors (Lipinski definition) is 6. The van der Waals surface area contributed by atoms with E-state index < -0.39 is 0 Å². The smallest absolute Gasteiger partial charge is 0.409 e. The fourth-order valence-corrected chi connectivity index (χ4v) is 2.67. The van der Waals surface area contributed by atoms with Gasteiger partial charge in [-0.15, -0.1) is 0 Å². The first-order valence-corrected chi connectivity index (χ1v) is 8.75. The van der Waals surface area contributed by atoms with E-state index in [1.165, 1.54) is 0 Å². The molecule has 0 aliphatic carbocycles. The van der Waals surface area contributed by atoms with Crippen molar-refractivity contribution in [2.75, 3.05) is 36.9 Å². The number of nitrogens with one attached hydrogen (secondary N) is 2. The number of carbonyl (C=O) groups excluding carboxylic acids is 1. The quantitative estimate of drug-likeness (QED) is 0.832. The standard InChI is InChI=1S/C17H29N5O2/c1-5-24-17(23)22-8-6-14(7-9-22)21-16-10-15(18-11-12(2)3)19-13(4)20-16/h10,12,14H,5-9,11H2,1-4H3,(H2,18,19,20,21). The van der Waals surface area contributed by atoms with Crippen LogP contribution in [0.15, 0.2) is 6.07 Å². The van der Waals surface area contributed by atoms with Gasteiger partial charge in [-0.1, -0.05) is 13.8 Å². The van der Waals surface area contributed by atoms with Crippen LogP contribution in [0.4, 0.5) is 16.4 Å². The molecule has 0 bridgehead atoms. The lowest BCUT2D eigenvalue weighted by atomic mass is 10.1. The first kappa shape index (κ1) is 18.3. The summed E-state index contributed by atoms with van der Waals surface area (Å²) in [7, 11) is 0. The monoisotopic (exact) mass is 335 g/mol. The molecule has 1 amide bonds. The zero-order valence-corrected chi connectivity index (χ0v) is 15.1. The molecular weight excluding hydrogens is 306 g/mol. The molecule has 1 fully saturated rings. The first-order valence-electron chi connectivity index (χ1n) is 8.75. The van der Waals surface area contributed by atoms with Gasteiger partial charge in [-0.2, -0.15) is 0 Å². The second-order valence-corrected chi connectivity index (χ2v) is 6.56. The van der Waals surface area contributed by atoms with Crippen molar-refractivity contribution >= 4 is 17.7 Å². The molecule has 0 aromatic carbocycles. The molecule has 1 aromatic rings. The Bertz CT molecular complexity index is 542. The Balaban J connectivity index is 1.89. The Labute approximate surface area is 144 Å². The Morgan fingerprint density at radius 2 is 2.00 bits per heavy atom. The average molecular weight is 335 g/mol. The van der Waals surface area contributed by atoms with Gasteiger partial charge < -0.3 is 20.3 Å². The molecule has 7 heteroatoms. The van der Waals surface area contributed by atoms with Gasteiger partial charge in [0, 0.05) is 31.7 Å². The van der Waals surface area contributed by atoms with Crippen molar-refractivity contribution in [3.63, 3.8) is 0 Å². The third-order valence-corrected chi connectivity index (χ3v) is 3.90. The summed E-state index contributed by atoms with van der Waals surface area (Å²) in [5.74, 6) is 2.99. The number of aromatic nitrogens is 2. The number of piperidine rings is 1. The molecule has 0 radical (unpaired) electrons. The zero-order valence-electron chi connectivity index (χ0n) is 15.1. The van der Waals surface area contributed by atoms with Crippen LogP contribution in [-0.4, -0.2) is 53.2 Å². The van der Waals surface area contributed by atoms with E-state index in [1.54, 1.807) is 4.90 Å². The minimum Gasteiger partial charge on any atom is -0.450 e. The predicted octanol–water partition coefficient (Wildman–Crippen LogP) is 2.89. The predicted molar refractivity (Wildman–Crippen MR) is 95.3 cm³/mol. The second kappa shape index (κ2) is 8.70. The maximum Gasteiger partial charge on any atom is 0.409 e. The summed E-state index contributed by atoms with van der Waals surface area (Å²) < 4.78 is 5.05. The van der Waals surface area contributed by atoms with E-state index in [1.807, 2.05) is 19.9 Å². The Kier molecular flexibility index (Phi) is 6.63. The molecule has 1 aromatic heterocycles. The first-order chi connectivity index (χ1) is 11.5. The number of aryl methyl sites for hydroxylation is 1. The molecular formula is C17H29N5O2. The highest BCUT2D eigenvalue weighted by Gasteiger charge is 2.23. The lowest BCUT2D eigenvalue weighted by Gasteiger charge is -2.31. The maximum absolute atomic E-state index is 11.7. The summed E-state index contributed by atoms with van der Waals surface area (Å²) in [6.07, 6.45) is 1.56. The topological polar surface area (TPSA) is 79.4 Å². The van der Waals surface area contributed by atoms with Crippen LogP contribution in [0.3, 0.4) is 0 Å². The van der Waals surface area contributed by atoms with Gasteiger partial charge in [0.1, 0.15) is 17.5 Å².